The van der Waals surface area contributed by atoms with Crippen LogP contribution in [-0.2, 0) is 19.5 Å². The first-order valence-electron chi connectivity index (χ1n) is 6.37. The van der Waals surface area contributed by atoms with E-state index in [4.69, 9.17) is 5.11 Å². The van der Waals surface area contributed by atoms with Crippen LogP contribution in [-0.4, -0.2) is 36.5 Å². The lowest BCUT2D eigenvalue weighted by atomic mass is 10.2. The van der Waals surface area contributed by atoms with Crippen LogP contribution in [0.4, 0.5) is 0 Å². The van der Waals surface area contributed by atoms with Gasteiger partial charge in [0.2, 0.25) is 0 Å². The molecule has 0 spiro atoms. The summed E-state index contributed by atoms with van der Waals surface area (Å²) in [5, 5.41) is 21.5. The highest BCUT2D eigenvalue weighted by molar-refractivity contribution is 9.10. The third-order valence-corrected chi connectivity index (χ3v) is 3.97. The summed E-state index contributed by atoms with van der Waals surface area (Å²) in [6.45, 7) is 5.69. The lowest BCUT2D eigenvalue weighted by Crippen LogP contribution is -2.09. The highest BCUT2D eigenvalue weighted by Crippen LogP contribution is 2.21. The zero-order chi connectivity index (χ0) is 13.8. The van der Waals surface area contributed by atoms with Crippen LogP contribution in [0, 0.1) is 6.92 Å². The largest absolute Gasteiger partial charge is 0.396 e. The Kier molecular flexibility index (Phi) is 4.71. The van der Waals surface area contributed by atoms with E-state index in [-0.39, 0.29) is 6.61 Å². The minimum absolute atomic E-state index is 0.181. The van der Waals surface area contributed by atoms with Crippen LogP contribution in [0.25, 0.3) is 0 Å². The van der Waals surface area contributed by atoms with Crippen LogP contribution in [0.15, 0.2) is 10.7 Å². The van der Waals surface area contributed by atoms with Gasteiger partial charge in [-0.25, -0.2) is 4.68 Å². The predicted octanol–water partition coefficient (Wildman–Crippen LogP) is 1.54. The molecule has 7 heteroatoms. The monoisotopic (exact) mass is 327 g/mol. The molecule has 6 nitrogen and oxygen atoms in total. The van der Waals surface area contributed by atoms with Gasteiger partial charge < -0.3 is 5.11 Å². The molecule has 0 aliphatic carbocycles. The number of hydrogen-bond acceptors (Lipinski definition) is 4. The number of nitrogens with zero attached hydrogens (tertiary/aromatic N) is 5. The number of hydrogen-bond donors (Lipinski definition) is 1. The molecule has 0 fully saturated rings. The SMILES string of the molecule is CCn1nc(C)c(Br)c1Cn1cc(CCCO)nn1. The molecular formula is C12H18BrN5O. The molecule has 1 N–H and O–H groups in total. The third kappa shape index (κ3) is 3.22. The van der Waals surface area contributed by atoms with Crippen molar-refractivity contribution in [1.82, 2.24) is 24.8 Å². The topological polar surface area (TPSA) is 68.8 Å². The molecule has 0 bridgehead atoms. The van der Waals surface area contributed by atoms with Gasteiger partial charge in [0.1, 0.15) is 0 Å². The van der Waals surface area contributed by atoms with Crippen molar-refractivity contribution in [2.45, 2.75) is 39.8 Å². The fourth-order valence-corrected chi connectivity index (χ4v) is 2.37. The molecule has 0 radical (unpaired) electrons. The molecule has 2 aromatic rings. The summed E-state index contributed by atoms with van der Waals surface area (Å²) in [6, 6.07) is 0. The third-order valence-electron chi connectivity index (χ3n) is 2.94. The second-order valence-electron chi connectivity index (χ2n) is 4.40. The summed E-state index contributed by atoms with van der Waals surface area (Å²) in [5.41, 5.74) is 2.99. The van der Waals surface area contributed by atoms with E-state index in [0.717, 1.165) is 34.5 Å². The molecule has 0 saturated carbocycles. The van der Waals surface area contributed by atoms with Crippen LogP contribution in [0.5, 0.6) is 0 Å². The second-order valence-corrected chi connectivity index (χ2v) is 5.19. The first-order valence-corrected chi connectivity index (χ1v) is 7.16. The van der Waals surface area contributed by atoms with Gasteiger partial charge in [0.25, 0.3) is 0 Å². The van der Waals surface area contributed by atoms with Crippen molar-refractivity contribution in [3.63, 3.8) is 0 Å². The molecule has 104 valence electrons. The summed E-state index contributed by atoms with van der Waals surface area (Å²) in [7, 11) is 0. The lowest BCUT2D eigenvalue weighted by molar-refractivity contribution is 0.288. The van der Waals surface area contributed by atoms with Crippen LogP contribution in [0.3, 0.4) is 0 Å². The van der Waals surface area contributed by atoms with Crippen molar-refractivity contribution in [1.29, 1.82) is 0 Å². The van der Waals surface area contributed by atoms with E-state index in [2.05, 4.69) is 38.3 Å². The molecule has 0 aliphatic rings. The summed E-state index contributed by atoms with van der Waals surface area (Å²) in [6.07, 6.45) is 3.39. The maximum Gasteiger partial charge on any atom is 0.0857 e. The normalized spacial score (nSPS) is 11.2. The Bertz CT molecular complexity index is 548. The molecule has 2 rings (SSSR count). The van der Waals surface area contributed by atoms with Crippen LogP contribution in [0.1, 0.15) is 30.4 Å². The molecule has 0 aliphatic heterocycles. The van der Waals surface area contributed by atoms with Gasteiger partial charge in [-0.2, -0.15) is 5.10 Å². The Morgan fingerprint density at radius 1 is 1.42 bits per heavy atom. The van der Waals surface area contributed by atoms with Crippen molar-refractivity contribution < 1.29 is 5.11 Å². The molecule has 0 atom stereocenters. The summed E-state index contributed by atoms with van der Waals surface area (Å²) in [5.74, 6) is 0. The van der Waals surface area contributed by atoms with E-state index < -0.39 is 0 Å². The van der Waals surface area contributed by atoms with Crippen molar-refractivity contribution in [2.75, 3.05) is 6.61 Å². The predicted molar refractivity (Wildman–Crippen MR) is 74.9 cm³/mol. The Morgan fingerprint density at radius 3 is 2.89 bits per heavy atom. The number of aliphatic hydroxyl groups excluding tert-OH is 1. The van der Waals surface area contributed by atoms with Gasteiger partial charge in [-0.3, -0.25) is 4.68 Å². The molecule has 0 unspecified atom stereocenters. The molecule has 2 heterocycles. The van der Waals surface area contributed by atoms with Gasteiger partial charge in [-0.05, 0) is 42.6 Å². The van der Waals surface area contributed by atoms with Crippen LogP contribution >= 0.6 is 15.9 Å². The van der Waals surface area contributed by atoms with E-state index in [1.54, 1.807) is 4.68 Å². The van der Waals surface area contributed by atoms with E-state index in [1.165, 1.54) is 0 Å². The quantitative estimate of drug-likeness (QED) is 0.873. The average Bonchev–Trinajstić information content (AvgIpc) is 2.96. The van der Waals surface area contributed by atoms with E-state index in [0.29, 0.717) is 13.0 Å². The van der Waals surface area contributed by atoms with Gasteiger partial charge >= 0.3 is 0 Å². The van der Waals surface area contributed by atoms with E-state index in [1.807, 2.05) is 17.8 Å². The second kappa shape index (κ2) is 6.29. The Hall–Kier alpha value is -1.21. The zero-order valence-corrected chi connectivity index (χ0v) is 12.8. The van der Waals surface area contributed by atoms with Gasteiger partial charge in [-0.15, -0.1) is 5.10 Å². The molecule has 19 heavy (non-hydrogen) atoms. The maximum absolute atomic E-state index is 8.80. The summed E-state index contributed by atoms with van der Waals surface area (Å²) < 4.78 is 4.80. The minimum Gasteiger partial charge on any atom is -0.396 e. The van der Waals surface area contributed by atoms with Crippen molar-refractivity contribution >= 4 is 15.9 Å². The first-order chi connectivity index (χ1) is 9.15. The van der Waals surface area contributed by atoms with Gasteiger partial charge in [0.15, 0.2) is 0 Å². The van der Waals surface area contributed by atoms with Gasteiger partial charge in [0, 0.05) is 19.3 Å². The number of aromatic nitrogens is 5. The van der Waals surface area contributed by atoms with Crippen molar-refractivity contribution in [2.24, 2.45) is 0 Å². The molecule has 2 aromatic heterocycles. The number of rotatable bonds is 6. The number of aryl methyl sites for hydroxylation is 3. The van der Waals surface area contributed by atoms with Crippen LogP contribution < -0.4 is 0 Å². The number of aliphatic hydroxyl groups is 1. The zero-order valence-electron chi connectivity index (χ0n) is 11.2. The lowest BCUT2D eigenvalue weighted by Gasteiger charge is -2.04. The molecular weight excluding hydrogens is 310 g/mol. The number of halogens is 1. The van der Waals surface area contributed by atoms with Crippen LogP contribution in [0.2, 0.25) is 0 Å². The highest BCUT2D eigenvalue weighted by Gasteiger charge is 2.13. The Labute approximate surface area is 120 Å². The molecule has 0 aromatic carbocycles. The fraction of sp³-hybridized carbons (Fsp3) is 0.583. The first kappa shape index (κ1) is 14.2. The van der Waals surface area contributed by atoms with Gasteiger partial charge in [0.05, 0.1) is 28.1 Å². The molecule has 0 saturated heterocycles. The van der Waals surface area contributed by atoms with Crippen molar-refractivity contribution in [3.8, 4) is 0 Å². The molecule has 0 amide bonds. The van der Waals surface area contributed by atoms with Crippen molar-refractivity contribution in [3.05, 3.63) is 27.8 Å². The minimum atomic E-state index is 0.181. The Balaban J connectivity index is 2.14. The average molecular weight is 328 g/mol. The highest BCUT2D eigenvalue weighted by atomic mass is 79.9. The summed E-state index contributed by atoms with van der Waals surface area (Å²) >= 11 is 3.57. The smallest absolute Gasteiger partial charge is 0.0857 e. The van der Waals surface area contributed by atoms with Gasteiger partial charge in [-0.1, -0.05) is 5.21 Å². The Morgan fingerprint density at radius 2 is 2.21 bits per heavy atom. The summed E-state index contributed by atoms with van der Waals surface area (Å²) in [4.78, 5) is 0. The standard InChI is InChI=1S/C12H18BrN5O/c1-3-18-11(12(13)9(2)15-18)8-17-7-10(14-16-17)5-4-6-19/h7,19H,3-6,8H2,1-2H3. The van der Waals surface area contributed by atoms with E-state index >= 15 is 0 Å². The maximum atomic E-state index is 8.80. The fourth-order valence-electron chi connectivity index (χ4n) is 1.96. The van der Waals surface area contributed by atoms with E-state index in [9.17, 15) is 0 Å².